The molecule has 0 aliphatic rings. The van der Waals surface area contributed by atoms with Crippen LogP contribution in [0.4, 0.5) is 0 Å². The minimum atomic E-state index is -0.738. The second kappa shape index (κ2) is 6.17. The van der Waals surface area contributed by atoms with Crippen molar-refractivity contribution < 1.29 is 4.79 Å². The molecule has 2 nitrogen and oxygen atoms in total. The number of halogens is 1. The number of rotatable bonds is 4. The summed E-state index contributed by atoms with van der Waals surface area (Å²) in [5, 5.41) is 9.79. The van der Waals surface area contributed by atoms with Crippen LogP contribution >= 0.6 is 11.6 Å². The number of nitrogens with zero attached hydrogens (tertiary/aromatic N) is 1. The first kappa shape index (κ1) is 13.3. The van der Waals surface area contributed by atoms with Gasteiger partial charge in [0.1, 0.15) is 5.92 Å². The molecule has 94 valence electrons. The summed E-state index contributed by atoms with van der Waals surface area (Å²) in [6.45, 7) is 0. The van der Waals surface area contributed by atoms with Gasteiger partial charge in [-0.15, -0.1) is 0 Å². The number of hydrogen-bond donors (Lipinski definition) is 0. The van der Waals surface area contributed by atoms with Crippen LogP contribution in [-0.2, 0) is 11.2 Å². The summed E-state index contributed by atoms with van der Waals surface area (Å²) < 4.78 is 0. The first-order chi connectivity index (χ1) is 9.20. The van der Waals surface area contributed by atoms with E-state index in [1.807, 2.05) is 30.3 Å². The molecule has 0 aromatic heterocycles. The molecule has 0 aliphatic carbocycles. The standard InChI is InChI=1S/C16H12ClNO/c17-14-8-6-13(7-9-14)15(11-18)16(19)10-12-4-2-1-3-5-12/h1-9,15H,10H2/t15-/m0/s1. The van der Waals surface area contributed by atoms with Crippen molar-refractivity contribution in [3.8, 4) is 6.07 Å². The van der Waals surface area contributed by atoms with Crippen molar-refractivity contribution in [2.24, 2.45) is 0 Å². The number of hydrogen-bond acceptors (Lipinski definition) is 2. The van der Waals surface area contributed by atoms with Gasteiger partial charge in [0.2, 0.25) is 0 Å². The highest BCUT2D eigenvalue weighted by atomic mass is 35.5. The summed E-state index contributed by atoms with van der Waals surface area (Å²) in [6.07, 6.45) is 0.266. The summed E-state index contributed by atoms with van der Waals surface area (Å²) in [7, 11) is 0. The lowest BCUT2D eigenvalue weighted by Crippen LogP contribution is -2.13. The fourth-order valence-electron chi connectivity index (χ4n) is 1.89. The molecular weight excluding hydrogens is 258 g/mol. The van der Waals surface area contributed by atoms with Crippen molar-refractivity contribution >= 4 is 17.4 Å². The highest BCUT2D eigenvalue weighted by Crippen LogP contribution is 2.20. The average Bonchev–Trinajstić information content (AvgIpc) is 2.43. The van der Waals surface area contributed by atoms with Gasteiger partial charge >= 0.3 is 0 Å². The predicted octanol–water partition coefficient (Wildman–Crippen LogP) is 3.76. The molecule has 0 N–H and O–H groups in total. The van der Waals surface area contributed by atoms with Crippen molar-refractivity contribution in [3.63, 3.8) is 0 Å². The van der Waals surface area contributed by atoms with Crippen molar-refractivity contribution in [1.29, 1.82) is 5.26 Å². The highest BCUT2D eigenvalue weighted by Gasteiger charge is 2.20. The van der Waals surface area contributed by atoms with Gasteiger partial charge in [0.25, 0.3) is 0 Å². The van der Waals surface area contributed by atoms with E-state index in [9.17, 15) is 10.1 Å². The highest BCUT2D eigenvalue weighted by molar-refractivity contribution is 6.30. The zero-order chi connectivity index (χ0) is 13.7. The largest absolute Gasteiger partial charge is 0.297 e. The predicted molar refractivity (Wildman–Crippen MR) is 75.0 cm³/mol. The number of carbonyl (C=O) groups is 1. The minimum Gasteiger partial charge on any atom is -0.297 e. The molecule has 2 aromatic carbocycles. The second-order valence-corrected chi connectivity index (χ2v) is 4.68. The van der Waals surface area contributed by atoms with E-state index in [0.29, 0.717) is 10.6 Å². The van der Waals surface area contributed by atoms with Crippen LogP contribution in [-0.4, -0.2) is 5.78 Å². The van der Waals surface area contributed by atoms with E-state index in [-0.39, 0.29) is 12.2 Å². The van der Waals surface area contributed by atoms with E-state index in [1.165, 1.54) is 0 Å². The maximum absolute atomic E-state index is 12.2. The summed E-state index contributed by atoms with van der Waals surface area (Å²) in [6, 6.07) is 18.3. The molecule has 0 bridgehead atoms. The van der Waals surface area contributed by atoms with E-state index in [0.717, 1.165) is 5.56 Å². The lowest BCUT2D eigenvalue weighted by Gasteiger charge is -2.08. The van der Waals surface area contributed by atoms with Gasteiger partial charge in [0, 0.05) is 11.4 Å². The number of Topliss-reactive ketones (excluding diaryl/α,β-unsaturated/α-hetero) is 1. The van der Waals surface area contributed by atoms with E-state index in [1.54, 1.807) is 24.3 Å². The maximum atomic E-state index is 12.2. The topological polar surface area (TPSA) is 40.9 Å². The first-order valence-electron chi connectivity index (χ1n) is 5.92. The van der Waals surface area contributed by atoms with Crippen molar-refractivity contribution in [1.82, 2.24) is 0 Å². The average molecular weight is 270 g/mol. The minimum absolute atomic E-state index is 0.101. The van der Waals surface area contributed by atoms with Crippen molar-refractivity contribution in [2.75, 3.05) is 0 Å². The number of ketones is 1. The van der Waals surface area contributed by atoms with Crippen molar-refractivity contribution in [3.05, 3.63) is 70.7 Å². The third-order valence-electron chi connectivity index (χ3n) is 2.88. The zero-order valence-corrected chi connectivity index (χ0v) is 11.0. The normalized spacial score (nSPS) is 11.6. The van der Waals surface area contributed by atoms with Crippen LogP contribution in [0.2, 0.25) is 5.02 Å². The second-order valence-electron chi connectivity index (χ2n) is 4.24. The van der Waals surface area contributed by atoms with E-state index >= 15 is 0 Å². The quantitative estimate of drug-likeness (QED) is 0.848. The van der Waals surface area contributed by atoms with Crippen LogP contribution in [0.5, 0.6) is 0 Å². The Morgan fingerprint density at radius 2 is 1.74 bits per heavy atom. The molecule has 0 radical (unpaired) electrons. The maximum Gasteiger partial charge on any atom is 0.158 e. The van der Waals surface area contributed by atoms with E-state index in [2.05, 4.69) is 6.07 Å². The van der Waals surface area contributed by atoms with Gasteiger partial charge in [-0.1, -0.05) is 54.1 Å². The summed E-state index contributed by atoms with van der Waals surface area (Å²) in [5.41, 5.74) is 1.61. The third kappa shape index (κ3) is 3.43. The van der Waals surface area contributed by atoms with Crippen LogP contribution in [0.1, 0.15) is 17.0 Å². The smallest absolute Gasteiger partial charge is 0.158 e. The number of carbonyl (C=O) groups excluding carboxylic acids is 1. The molecule has 0 saturated carbocycles. The molecule has 1 atom stereocenters. The summed E-state index contributed by atoms with van der Waals surface area (Å²) in [4.78, 5) is 12.2. The number of nitriles is 1. The van der Waals surface area contributed by atoms with Gasteiger partial charge in [-0.05, 0) is 23.3 Å². The lowest BCUT2D eigenvalue weighted by molar-refractivity contribution is -0.118. The molecule has 3 heteroatoms. The third-order valence-corrected chi connectivity index (χ3v) is 3.13. The number of benzene rings is 2. The first-order valence-corrected chi connectivity index (χ1v) is 6.30. The molecule has 0 spiro atoms. The Kier molecular flexibility index (Phi) is 4.33. The van der Waals surface area contributed by atoms with Gasteiger partial charge in [-0.3, -0.25) is 4.79 Å². The van der Waals surface area contributed by atoms with Gasteiger partial charge in [0.15, 0.2) is 5.78 Å². The van der Waals surface area contributed by atoms with Gasteiger partial charge < -0.3 is 0 Å². The molecular formula is C16H12ClNO. The van der Waals surface area contributed by atoms with Crippen LogP contribution in [0.25, 0.3) is 0 Å². The molecule has 0 unspecified atom stereocenters. The Morgan fingerprint density at radius 3 is 2.32 bits per heavy atom. The Hall–Kier alpha value is -2.11. The molecule has 19 heavy (non-hydrogen) atoms. The zero-order valence-electron chi connectivity index (χ0n) is 10.2. The van der Waals surface area contributed by atoms with Gasteiger partial charge in [-0.25, -0.2) is 0 Å². The molecule has 0 aliphatic heterocycles. The molecule has 0 saturated heterocycles. The summed E-state index contributed by atoms with van der Waals surface area (Å²) >= 11 is 5.80. The van der Waals surface area contributed by atoms with Crippen molar-refractivity contribution in [2.45, 2.75) is 12.3 Å². The Balaban J connectivity index is 2.16. The Morgan fingerprint density at radius 1 is 1.11 bits per heavy atom. The molecule has 0 heterocycles. The molecule has 2 aromatic rings. The fourth-order valence-corrected chi connectivity index (χ4v) is 2.01. The van der Waals surface area contributed by atoms with Gasteiger partial charge in [-0.2, -0.15) is 5.26 Å². The monoisotopic (exact) mass is 269 g/mol. The molecule has 0 fully saturated rings. The van der Waals surface area contributed by atoms with Crippen LogP contribution in [0.3, 0.4) is 0 Å². The van der Waals surface area contributed by atoms with Crippen LogP contribution in [0.15, 0.2) is 54.6 Å². The van der Waals surface area contributed by atoms with Crippen LogP contribution in [0, 0.1) is 11.3 Å². The van der Waals surface area contributed by atoms with Gasteiger partial charge in [0.05, 0.1) is 6.07 Å². The van der Waals surface area contributed by atoms with E-state index in [4.69, 9.17) is 11.6 Å². The Labute approximate surface area is 117 Å². The lowest BCUT2D eigenvalue weighted by atomic mass is 9.92. The summed E-state index contributed by atoms with van der Waals surface area (Å²) in [5.74, 6) is -0.839. The molecule has 2 rings (SSSR count). The fraction of sp³-hybridized carbons (Fsp3) is 0.125. The molecule has 0 amide bonds. The van der Waals surface area contributed by atoms with Crippen LogP contribution < -0.4 is 0 Å². The SMILES string of the molecule is N#C[C@H](C(=O)Cc1ccccc1)c1ccc(Cl)cc1. The Bertz CT molecular complexity index is 599. The van der Waals surface area contributed by atoms with E-state index < -0.39 is 5.92 Å².